The van der Waals surface area contributed by atoms with Crippen LogP contribution in [-0.4, -0.2) is 36.4 Å². The summed E-state index contributed by atoms with van der Waals surface area (Å²) < 4.78 is 10.8. The van der Waals surface area contributed by atoms with Gasteiger partial charge in [-0.15, -0.1) is 0 Å². The highest BCUT2D eigenvalue weighted by Crippen LogP contribution is 2.20. The number of hydrogen-bond acceptors (Lipinski definition) is 5. The molecule has 0 aromatic carbocycles. The highest BCUT2D eigenvalue weighted by Gasteiger charge is 2.16. The average Bonchev–Trinajstić information content (AvgIpc) is 3.59. The average molecular weight is 1300 g/mol. The number of rotatable bonds is 77. The van der Waals surface area contributed by atoms with Gasteiger partial charge in [-0.2, -0.15) is 0 Å². The lowest BCUT2D eigenvalue weighted by Crippen LogP contribution is -2.28. The van der Waals surface area contributed by atoms with Crippen molar-refractivity contribution in [2.24, 2.45) is 0 Å². The maximum Gasteiger partial charge on any atom is 0.306 e. The van der Waals surface area contributed by atoms with Crippen molar-refractivity contribution in [3.8, 4) is 0 Å². The summed E-state index contributed by atoms with van der Waals surface area (Å²) in [5, 5.41) is 9.74. The van der Waals surface area contributed by atoms with Crippen molar-refractivity contribution in [3.63, 3.8) is 0 Å². The molecular formula is C88H158O5. The van der Waals surface area contributed by atoms with Crippen LogP contribution in [0.1, 0.15) is 431 Å². The van der Waals surface area contributed by atoms with Crippen LogP contribution in [0.5, 0.6) is 0 Å². The third kappa shape index (κ3) is 81.2. The Morgan fingerprint density at radius 1 is 0.258 bits per heavy atom. The van der Waals surface area contributed by atoms with Crippen molar-refractivity contribution in [2.45, 2.75) is 437 Å². The number of ether oxygens (including phenoxy) is 2. The normalized spacial score (nSPS) is 12.7. The van der Waals surface area contributed by atoms with Crippen molar-refractivity contribution >= 4 is 11.9 Å². The number of carbonyl (C=O) groups is 2. The number of carbonyl (C=O) groups excluding carboxylic acids is 2. The van der Waals surface area contributed by atoms with Crippen LogP contribution in [0.4, 0.5) is 0 Å². The van der Waals surface area contributed by atoms with Crippen LogP contribution < -0.4 is 0 Å². The van der Waals surface area contributed by atoms with Crippen molar-refractivity contribution in [1.29, 1.82) is 0 Å². The summed E-state index contributed by atoms with van der Waals surface area (Å²) in [7, 11) is 0. The zero-order chi connectivity index (χ0) is 66.8. The van der Waals surface area contributed by atoms with Crippen molar-refractivity contribution in [2.75, 3.05) is 13.2 Å². The van der Waals surface area contributed by atoms with Gasteiger partial charge >= 0.3 is 11.9 Å². The fraction of sp³-hybridized carbons (Fsp3) is 0.795. The van der Waals surface area contributed by atoms with E-state index in [1.807, 2.05) is 0 Å². The molecule has 5 nitrogen and oxygen atoms in total. The smallest absolute Gasteiger partial charge is 0.306 e. The minimum absolute atomic E-state index is 0.0629. The number of aliphatic hydroxyl groups excluding tert-OH is 1. The van der Waals surface area contributed by atoms with Gasteiger partial charge in [-0.3, -0.25) is 9.59 Å². The van der Waals surface area contributed by atoms with Crippen LogP contribution in [-0.2, 0) is 19.1 Å². The zero-order valence-electron chi connectivity index (χ0n) is 62.3. The number of unbranched alkanes of at least 4 members (excludes halogenated alkanes) is 53. The fourth-order valence-electron chi connectivity index (χ4n) is 12.5. The molecule has 1 atom stereocenters. The van der Waals surface area contributed by atoms with Gasteiger partial charge in [-0.05, 0) is 77.0 Å². The second-order valence-corrected chi connectivity index (χ2v) is 27.8. The van der Waals surface area contributed by atoms with Crippen molar-refractivity contribution in [3.05, 3.63) is 97.2 Å². The summed E-state index contributed by atoms with van der Waals surface area (Å²) >= 11 is 0. The molecule has 1 unspecified atom stereocenters. The number of esters is 2. The topological polar surface area (TPSA) is 72.8 Å². The lowest BCUT2D eigenvalue weighted by Gasteiger charge is -2.15. The van der Waals surface area contributed by atoms with Gasteiger partial charge in [-0.25, -0.2) is 0 Å². The van der Waals surface area contributed by atoms with Gasteiger partial charge in [0.1, 0.15) is 6.61 Å². The summed E-state index contributed by atoms with van der Waals surface area (Å²) in [6.07, 6.45) is 119. The molecule has 0 saturated heterocycles. The second-order valence-electron chi connectivity index (χ2n) is 27.8. The molecule has 1 N–H and O–H groups in total. The van der Waals surface area contributed by atoms with E-state index in [9.17, 15) is 14.7 Å². The van der Waals surface area contributed by atoms with E-state index in [2.05, 4.69) is 111 Å². The number of allylic oxidation sites excluding steroid dienone is 16. The molecule has 0 rings (SSSR count). The molecule has 0 aromatic heterocycles. The Bertz CT molecular complexity index is 1710. The lowest BCUT2D eigenvalue weighted by atomic mass is 10.0. The maximum atomic E-state index is 12.4. The Labute approximate surface area is 580 Å². The quantitative estimate of drug-likeness (QED) is 0.0373. The predicted octanol–water partition coefficient (Wildman–Crippen LogP) is 29.3. The first-order valence-corrected chi connectivity index (χ1v) is 41.3. The predicted molar refractivity (Wildman–Crippen MR) is 412 cm³/mol. The van der Waals surface area contributed by atoms with Gasteiger partial charge < -0.3 is 14.6 Å². The minimum Gasteiger partial charge on any atom is -0.462 e. The largest absolute Gasteiger partial charge is 0.462 e. The maximum absolute atomic E-state index is 12.4. The lowest BCUT2D eigenvalue weighted by molar-refractivity contribution is -0.161. The first-order chi connectivity index (χ1) is 46.1. The van der Waals surface area contributed by atoms with Crippen LogP contribution in [0.25, 0.3) is 0 Å². The van der Waals surface area contributed by atoms with Gasteiger partial charge in [0.2, 0.25) is 0 Å². The molecule has 5 heteroatoms. The van der Waals surface area contributed by atoms with Crippen molar-refractivity contribution in [1.82, 2.24) is 0 Å². The van der Waals surface area contributed by atoms with E-state index in [1.54, 1.807) is 0 Å². The van der Waals surface area contributed by atoms with E-state index in [4.69, 9.17) is 9.47 Å². The van der Waals surface area contributed by atoms with Crippen molar-refractivity contribution < 1.29 is 24.2 Å². The molecule has 0 aliphatic rings. The molecule has 540 valence electrons. The van der Waals surface area contributed by atoms with Gasteiger partial charge in [-0.1, -0.05) is 439 Å². The van der Waals surface area contributed by atoms with Crippen LogP contribution in [0.2, 0.25) is 0 Å². The van der Waals surface area contributed by atoms with E-state index in [0.29, 0.717) is 12.8 Å². The number of aliphatic hydroxyl groups is 1. The van der Waals surface area contributed by atoms with E-state index >= 15 is 0 Å². The first-order valence-electron chi connectivity index (χ1n) is 41.3. The Morgan fingerprint density at radius 2 is 0.462 bits per heavy atom. The Kier molecular flexibility index (Phi) is 80.2. The standard InChI is InChI=1S/C88H158O5/c1-3-5-7-9-11-13-15-17-19-21-23-25-27-29-31-33-35-37-39-41-43-44-45-47-49-51-53-55-57-59-61-63-65-67-69-71-73-75-77-79-81-83-88(91)93-86(84-89)85-92-87(90)82-80-78-76-74-72-70-68-66-64-62-60-58-56-54-52-50-48-46-42-40-38-36-34-32-30-28-26-24-22-20-18-16-14-12-10-8-6-4-2/h5,7,11,13,17,19,23,25,29,31,35,37,41,43,45,47,86,89H,3-4,6,8-10,12,14-16,18,20-22,24,26-28,30,32-34,36,38-40,42,44,46,48-85H2,1-2H3/b7-5-,13-11-,19-17-,25-23-,31-29-,37-35-,43-41-,47-45-. The molecule has 0 fully saturated rings. The summed E-state index contributed by atoms with van der Waals surface area (Å²) in [5.41, 5.74) is 0. The first kappa shape index (κ1) is 89.8. The summed E-state index contributed by atoms with van der Waals surface area (Å²) in [5.74, 6) is -0.570. The molecular weight excluding hydrogens is 1140 g/mol. The van der Waals surface area contributed by atoms with Gasteiger partial charge in [0.25, 0.3) is 0 Å². The van der Waals surface area contributed by atoms with Gasteiger partial charge in [0.05, 0.1) is 6.61 Å². The SMILES string of the molecule is CC/C=C\C/C=C\C/C=C\C/C=C\C/C=C\C/C=C\C/C=C\C/C=C\CCCCCCCCCCCCCCCCCCC(=O)OC(CO)COC(=O)CCCCCCCCCCCCCCCCCCCCCCCCCCCCCCCCCCCCCCCC. The molecule has 93 heavy (non-hydrogen) atoms. The van der Waals surface area contributed by atoms with E-state index in [0.717, 1.165) is 89.9 Å². The van der Waals surface area contributed by atoms with Crippen LogP contribution in [0.3, 0.4) is 0 Å². The highest BCUT2D eigenvalue weighted by molar-refractivity contribution is 5.70. The minimum atomic E-state index is -0.775. The van der Waals surface area contributed by atoms with Crippen LogP contribution in [0, 0.1) is 0 Å². The molecule has 0 saturated carbocycles. The summed E-state index contributed by atoms with van der Waals surface area (Å²) in [6, 6.07) is 0. The van der Waals surface area contributed by atoms with E-state index < -0.39 is 6.10 Å². The molecule has 0 radical (unpaired) electrons. The third-order valence-corrected chi connectivity index (χ3v) is 18.6. The van der Waals surface area contributed by atoms with E-state index in [1.165, 1.54) is 315 Å². The number of hydrogen-bond donors (Lipinski definition) is 1. The molecule has 0 spiro atoms. The third-order valence-electron chi connectivity index (χ3n) is 18.6. The molecule has 0 aliphatic carbocycles. The Balaban J connectivity index is 3.41. The highest BCUT2D eigenvalue weighted by atomic mass is 16.6. The molecule has 0 aliphatic heterocycles. The summed E-state index contributed by atoms with van der Waals surface area (Å²) in [6.45, 7) is 4.08. The zero-order valence-corrected chi connectivity index (χ0v) is 62.3. The molecule has 0 amide bonds. The van der Waals surface area contributed by atoms with Crippen LogP contribution >= 0.6 is 0 Å². The van der Waals surface area contributed by atoms with Gasteiger partial charge in [0.15, 0.2) is 6.10 Å². The van der Waals surface area contributed by atoms with Gasteiger partial charge in [0, 0.05) is 12.8 Å². The Hall–Kier alpha value is -3.18. The van der Waals surface area contributed by atoms with Crippen LogP contribution in [0.15, 0.2) is 97.2 Å². The monoisotopic (exact) mass is 1300 g/mol. The summed E-state index contributed by atoms with van der Waals surface area (Å²) in [4.78, 5) is 24.7. The molecule has 0 heterocycles. The Morgan fingerprint density at radius 3 is 0.699 bits per heavy atom. The fourth-order valence-corrected chi connectivity index (χ4v) is 12.5. The molecule has 0 bridgehead atoms. The second kappa shape index (κ2) is 83.0. The van der Waals surface area contributed by atoms with E-state index in [-0.39, 0.29) is 25.2 Å². The molecule has 0 aromatic rings.